The largest absolute Gasteiger partial charge is 1.00 e. The van der Waals surface area contributed by atoms with Gasteiger partial charge in [0.25, 0.3) is 0 Å². The summed E-state index contributed by atoms with van der Waals surface area (Å²) in [5.41, 5.74) is 1.36. The standard InChI is InChI=1S/C28H50N2O3S.K/c1-2-3-4-5-6-7-8-9-10-11-12-13-14-15-16-17-18-19-22-25-28(34(31,32)33)29-26-23-20-21-24-27(26)30-28;/h20-21,23-24,29-30H,2-19,22,25H2,1H3,(H,31,32,33);/q;+1/p-1. The monoisotopic (exact) mass is 532 g/mol. The van der Waals surface area contributed by atoms with E-state index in [2.05, 4.69) is 17.6 Å². The summed E-state index contributed by atoms with van der Waals surface area (Å²) in [5.74, 6) is 0. The van der Waals surface area contributed by atoms with Crippen LogP contribution in [0.3, 0.4) is 0 Å². The Kier molecular flexibility index (Phi) is 18.5. The van der Waals surface area contributed by atoms with Gasteiger partial charge in [0.1, 0.15) is 10.1 Å². The molecule has 0 spiro atoms. The molecule has 5 nitrogen and oxygen atoms in total. The van der Waals surface area contributed by atoms with Crippen LogP contribution in [-0.4, -0.2) is 18.0 Å². The van der Waals surface area contributed by atoms with Crippen molar-refractivity contribution < 1.29 is 64.4 Å². The molecule has 1 heterocycles. The molecule has 0 bridgehead atoms. The van der Waals surface area contributed by atoms with Gasteiger partial charge in [0, 0.05) is 6.42 Å². The molecule has 0 radical (unpaired) electrons. The van der Waals surface area contributed by atoms with E-state index in [1.165, 1.54) is 103 Å². The van der Waals surface area contributed by atoms with E-state index in [9.17, 15) is 13.0 Å². The maximum Gasteiger partial charge on any atom is 1.00 e. The summed E-state index contributed by atoms with van der Waals surface area (Å²) in [6.07, 6.45) is 25.0. The predicted octanol–water partition coefficient (Wildman–Crippen LogP) is 5.55. The van der Waals surface area contributed by atoms with E-state index >= 15 is 0 Å². The van der Waals surface area contributed by atoms with E-state index in [0.29, 0.717) is 17.8 Å². The Morgan fingerprint density at radius 1 is 0.629 bits per heavy atom. The Bertz CT molecular complexity index is 748. The van der Waals surface area contributed by atoms with Crippen molar-refractivity contribution in [3.8, 4) is 0 Å². The molecule has 1 aromatic rings. The molecule has 7 heteroatoms. The smallest absolute Gasteiger partial charge is 0.745 e. The molecule has 2 N–H and O–H groups in total. The van der Waals surface area contributed by atoms with E-state index in [-0.39, 0.29) is 57.8 Å². The van der Waals surface area contributed by atoms with Gasteiger partial charge in [0.2, 0.25) is 4.99 Å². The average Bonchev–Trinajstić information content (AvgIpc) is 3.20. The summed E-state index contributed by atoms with van der Waals surface area (Å²) < 4.78 is 35.9. The molecule has 0 saturated heterocycles. The molecule has 0 atom stereocenters. The summed E-state index contributed by atoms with van der Waals surface area (Å²) >= 11 is 0. The normalized spacial score (nSPS) is 14.1. The number of hydrogen-bond donors (Lipinski definition) is 2. The first-order chi connectivity index (χ1) is 16.5. The van der Waals surface area contributed by atoms with Crippen LogP contribution in [0.25, 0.3) is 0 Å². The zero-order valence-corrected chi connectivity index (χ0v) is 26.5. The minimum Gasteiger partial charge on any atom is -0.745 e. The fraction of sp³-hybridized carbons (Fsp3) is 0.786. The van der Waals surface area contributed by atoms with Crippen LogP contribution in [0.4, 0.5) is 11.4 Å². The molecule has 0 fully saturated rings. The Morgan fingerprint density at radius 3 is 1.26 bits per heavy atom. The van der Waals surface area contributed by atoms with Gasteiger partial charge in [0.05, 0.1) is 11.4 Å². The van der Waals surface area contributed by atoms with Crippen molar-refractivity contribution in [2.75, 3.05) is 10.6 Å². The van der Waals surface area contributed by atoms with Crippen molar-refractivity contribution in [2.24, 2.45) is 0 Å². The minimum absolute atomic E-state index is 0. The summed E-state index contributed by atoms with van der Waals surface area (Å²) in [7, 11) is -4.53. The van der Waals surface area contributed by atoms with Gasteiger partial charge in [-0.15, -0.1) is 0 Å². The van der Waals surface area contributed by atoms with Crippen LogP contribution >= 0.6 is 0 Å². The third-order valence-electron chi connectivity index (χ3n) is 7.16. The van der Waals surface area contributed by atoms with Crippen molar-refractivity contribution in [3.05, 3.63) is 24.3 Å². The summed E-state index contributed by atoms with van der Waals surface area (Å²) in [6, 6.07) is 7.26. The van der Waals surface area contributed by atoms with Crippen molar-refractivity contribution >= 4 is 21.5 Å². The second-order valence-corrected chi connectivity index (χ2v) is 11.8. The minimum atomic E-state index is -4.53. The summed E-state index contributed by atoms with van der Waals surface area (Å²) in [5, 5.41) is 5.87. The number of rotatable bonds is 21. The van der Waals surface area contributed by atoms with Crippen LogP contribution in [0.5, 0.6) is 0 Å². The topological polar surface area (TPSA) is 81.3 Å². The molecule has 0 unspecified atom stereocenters. The molecule has 1 aliphatic rings. The number of unbranched alkanes of at least 4 members (excludes halogenated alkanes) is 18. The van der Waals surface area contributed by atoms with Gasteiger partial charge in [-0.25, -0.2) is 8.42 Å². The van der Waals surface area contributed by atoms with E-state index in [0.717, 1.165) is 12.8 Å². The van der Waals surface area contributed by atoms with E-state index in [1.54, 1.807) is 12.1 Å². The average molecular weight is 533 g/mol. The first-order valence-electron chi connectivity index (χ1n) is 14.1. The van der Waals surface area contributed by atoms with Crippen LogP contribution in [0.2, 0.25) is 0 Å². The van der Waals surface area contributed by atoms with Crippen LogP contribution in [0.1, 0.15) is 135 Å². The molecule has 196 valence electrons. The van der Waals surface area contributed by atoms with Gasteiger partial charge in [0.15, 0.2) is 0 Å². The van der Waals surface area contributed by atoms with Crippen molar-refractivity contribution in [3.63, 3.8) is 0 Å². The Labute approximate surface area is 258 Å². The molecule has 2 rings (SSSR count). The SMILES string of the molecule is CCCCCCCCCCCCCCCCCCCCCC1(S(=O)(=O)[O-])Nc2ccccc2N1.[K+]. The van der Waals surface area contributed by atoms with Crippen molar-refractivity contribution in [2.45, 2.75) is 140 Å². The summed E-state index contributed by atoms with van der Waals surface area (Å²) in [6.45, 7) is 2.28. The number of benzene rings is 1. The van der Waals surface area contributed by atoms with Crippen molar-refractivity contribution in [1.29, 1.82) is 0 Å². The molecular weight excluding hydrogens is 483 g/mol. The third kappa shape index (κ3) is 13.1. The Balaban J connectivity index is 0.00000612. The number of anilines is 2. The maximum absolute atomic E-state index is 12.0. The van der Waals surface area contributed by atoms with Gasteiger partial charge in [-0.3, -0.25) is 0 Å². The van der Waals surface area contributed by atoms with Crippen LogP contribution in [-0.2, 0) is 10.1 Å². The van der Waals surface area contributed by atoms with E-state index in [4.69, 9.17) is 0 Å². The van der Waals surface area contributed by atoms with Gasteiger partial charge >= 0.3 is 51.4 Å². The van der Waals surface area contributed by atoms with E-state index in [1.807, 2.05) is 12.1 Å². The second kappa shape index (κ2) is 19.4. The number of para-hydroxylation sites is 2. The molecule has 1 aromatic carbocycles. The van der Waals surface area contributed by atoms with Gasteiger partial charge in [-0.2, -0.15) is 0 Å². The molecule has 0 aliphatic carbocycles. The molecule has 0 amide bonds. The predicted molar refractivity (Wildman–Crippen MR) is 144 cm³/mol. The molecule has 1 aliphatic heterocycles. The quantitative estimate of drug-likeness (QED) is 0.123. The number of nitrogens with one attached hydrogen (secondary N) is 2. The first-order valence-corrected chi connectivity index (χ1v) is 15.5. The first kappa shape index (κ1) is 33.4. The zero-order chi connectivity index (χ0) is 24.5. The fourth-order valence-electron chi connectivity index (χ4n) is 4.99. The van der Waals surface area contributed by atoms with Gasteiger partial charge < -0.3 is 15.2 Å². The number of fused-ring (bicyclic) bond motifs is 1. The summed E-state index contributed by atoms with van der Waals surface area (Å²) in [4.78, 5) is -1.61. The molecular formula is C28H49KN2O3S. The molecule has 0 saturated carbocycles. The maximum atomic E-state index is 12.0. The van der Waals surface area contributed by atoms with Crippen molar-refractivity contribution in [1.82, 2.24) is 0 Å². The third-order valence-corrected chi connectivity index (χ3v) is 8.42. The second-order valence-electron chi connectivity index (χ2n) is 10.2. The van der Waals surface area contributed by atoms with Gasteiger partial charge in [-0.05, 0) is 18.6 Å². The van der Waals surface area contributed by atoms with E-state index < -0.39 is 15.1 Å². The number of hydrogen-bond acceptors (Lipinski definition) is 5. The molecule has 0 aromatic heterocycles. The zero-order valence-electron chi connectivity index (χ0n) is 22.6. The van der Waals surface area contributed by atoms with Crippen LogP contribution in [0, 0.1) is 0 Å². The van der Waals surface area contributed by atoms with Crippen LogP contribution < -0.4 is 62.0 Å². The molecule has 35 heavy (non-hydrogen) atoms. The van der Waals surface area contributed by atoms with Crippen LogP contribution in [0.15, 0.2) is 24.3 Å². The van der Waals surface area contributed by atoms with Gasteiger partial charge in [-0.1, -0.05) is 135 Å². The Morgan fingerprint density at radius 2 is 0.943 bits per heavy atom. The fourth-order valence-corrected chi connectivity index (χ4v) is 5.86. The Hall–Kier alpha value is 0.366.